The minimum absolute atomic E-state index is 0.0498. The van der Waals surface area contributed by atoms with Gasteiger partial charge in [0.25, 0.3) is 0 Å². The number of rotatable bonds is 4. The lowest BCUT2D eigenvalue weighted by Crippen LogP contribution is -2.08. The van der Waals surface area contributed by atoms with E-state index in [-0.39, 0.29) is 11.4 Å². The normalized spacial score (nSPS) is 10.2. The molecule has 2 aromatic rings. The minimum atomic E-state index is -1.14. The van der Waals surface area contributed by atoms with Crippen LogP contribution in [0.3, 0.4) is 0 Å². The highest BCUT2D eigenvalue weighted by atomic mass is 16.4. The van der Waals surface area contributed by atoms with Crippen LogP contribution in [-0.2, 0) is 4.79 Å². The van der Waals surface area contributed by atoms with Gasteiger partial charge in [-0.2, -0.15) is 5.10 Å². The average molecular weight is 259 g/mol. The molecule has 1 amide bonds. The maximum atomic E-state index is 11.1. The maximum absolute atomic E-state index is 11.1. The van der Waals surface area contributed by atoms with E-state index in [1.807, 2.05) is 32.0 Å². The predicted octanol–water partition coefficient (Wildman–Crippen LogP) is 1.76. The molecule has 1 aromatic heterocycles. The fraction of sp³-hybridized carbons (Fsp3) is 0.154. The quantitative estimate of drug-likeness (QED) is 0.819. The van der Waals surface area contributed by atoms with E-state index in [9.17, 15) is 9.59 Å². The molecule has 2 rings (SSSR count). The molecule has 6 nitrogen and oxygen atoms in total. The predicted molar refractivity (Wildman–Crippen MR) is 69.7 cm³/mol. The number of hydrogen-bond acceptors (Lipinski definition) is 3. The molecule has 0 atom stereocenters. The van der Waals surface area contributed by atoms with Gasteiger partial charge in [0.05, 0.1) is 11.9 Å². The van der Waals surface area contributed by atoms with E-state index < -0.39 is 5.97 Å². The number of aromatic nitrogens is 2. The summed E-state index contributed by atoms with van der Waals surface area (Å²) in [4.78, 5) is 21.7. The van der Waals surface area contributed by atoms with Crippen LogP contribution in [0.15, 0.2) is 24.4 Å². The maximum Gasteiger partial charge on any atom is 0.341 e. The summed E-state index contributed by atoms with van der Waals surface area (Å²) in [6.07, 6.45) is 1.65. The van der Waals surface area contributed by atoms with Gasteiger partial charge in [-0.05, 0) is 37.1 Å². The average Bonchev–Trinajstić information content (AvgIpc) is 2.72. The number of hydrogen-bond donors (Lipinski definition) is 2. The molecule has 0 saturated heterocycles. The van der Waals surface area contributed by atoms with Crippen molar-refractivity contribution >= 4 is 18.2 Å². The summed E-state index contributed by atoms with van der Waals surface area (Å²) >= 11 is 0. The summed E-state index contributed by atoms with van der Waals surface area (Å²) in [5.41, 5.74) is 2.71. The summed E-state index contributed by atoms with van der Waals surface area (Å²) in [5.74, 6) is -0.993. The fourth-order valence-corrected chi connectivity index (χ4v) is 1.97. The number of amides is 1. The van der Waals surface area contributed by atoms with Crippen molar-refractivity contribution in [1.29, 1.82) is 0 Å². The van der Waals surface area contributed by atoms with Gasteiger partial charge in [0.2, 0.25) is 6.41 Å². The van der Waals surface area contributed by atoms with Crippen molar-refractivity contribution in [2.75, 3.05) is 5.32 Å². The van der Waals surface area contributed by atoms with Crippen molar-refractivity contribution in [2.45, 2.75) is 13.8 Å². The Morgan fingerprint density at radius 2 is 1.95 bits per heavy atom. The first-order chi connectivity index (χ1) is 9.02. The van der Waals surface area contributed by atoms with E-state index in [0.717, 1.165) is 11.1 Å². The number of carboxylic acids is 1. The molecule has 0 aliphatic rings. The molecule has 0 radical (unpaired) electrons. The van der Waals surface area contributed by atoms with Crippen LogP contribution >= 0.6 is 0 Å². The monoisotopic (exact) mass is 259 g/mol. The smallest absolute Gasteiger partial charge is 0.341 e. The topological polar surface area (TPSA) is 84.2 Å². The number of benzene rings is 1. The molecule has 0 bridgehead atoms. The molecule has 0 fully saturated rings. The van der Waals surface area contributed by atoms with Gasteiger partial charge in [-0.1, -0.05) is 6.07 Å². The van der Waals surface area contributed by atoms with Crippen LogP contribution in [0.25, 0.3) is 5.69 Å². The molecular formula is C13H13N3O3. The summed E-state index contributed by atoms with van der Waals surface area (Å²) in [6.45, 7) is 3.87. The van der Waals surface area contributed by atoms with Gasteiger partial charge in [0.15, 0.2) is 5.82 Å². The van der Waals surface area contributed by atoms with Crippen LogP contribution in [0.5, 0.6) is 0 Å². The van der Waals surface area contributed by atoms with Gasteiger partial charge in [0, 0.05) is 0 Å². The highest BCUT2D eigenvalue weighted by Gasteiger charge is 2.17. The van der Waals surface area contributed by atoms with Crippen LogP contribution in [0.2, 0.25) is 0 Å². The van der Waals surface area contributed by atoms with Crippen LogP contribution < -0.4 is 5.32 Å². The first-order valence-corrected chi connectivity index (χ1v) is 5.63. The standard InChI is InChI=1S/C13H13N3O3/c1-8-3-9(2)5-10(4-8)16-12(14-7-17)11(6-15-16)13(18)19/h3-7H,1-2H3,(H,14,17)(H,18,19). The highest BCUT2D eigenvalue weighted by Crippen LogP contribution is 2.21. The highest BCUT2D eigenvalue weighted by molar-refractivity contribution is 5.95. The molecule has 2 N–H and O–H groups in total. The number of anilines is 1. The van der Waals surface area contributed by atoms with E-state index in [2.05, 4.69) is 10.4 Å². The van der Waals surface area contributed by atoms with Crippen molar-refractivity contribution in [3.63, 3.8) is 0 Å². The number of nitrogens with one attached hydrogen (secondary N) is 1. The van der Waals surface area contributed by atoms with Gasteiger partial charge in [0.1, 0.15) is 5.56 Å². The van der Waals surface area contributed by atoms with Crippen molar-refractivity contribution in [3.05, 3.63) is 41.1 Å². The van der Waals surface area contributed by atoms with E-state index >= 15 is 0 Å². The lowest BCUT2D eigenvalue weighted by molar-refractivity contribution is -0.105. The largest absolute Gasteiger partial charge is 0.477 e. The molecule has 0 aliphatic heterocycles. The van der Waals surface area contributed by atoms with Gasteiger partial charge in [-0.15, -0.1) is 0 Å². The van der Waals surface area contributed by atoms with Crippen LogP contribution in [0.1, 0.15) is 21.5 Å². The molecule has 19 heavy (non-hydrogen) atoms. The van der Waals surface area contributed by atoms with E-state index in [4.69, 9.17) is 5.11 Å². The van der Waals surface area contributed by atoms with Crippen LogP contribution in [-0.4, -0.2) is 27.3 Å². The molecule has 0 aliphatic carbocycles. The van der Waals surface area contributed by atoms with Crippen molar-refractivity contribution < 1.29 is 14.7 Å². The molecule has 0 unspecified atom stereocenters. The first-order valence-electron chi connectivity index (χ1n) is 5.63. The number of nitrogens with zero attached hydrogens (tertiary/aromatic N) is 2. The molecule has 98 valence electrons. The number of carboxylic acid groups (broad SMARTS) is 1. The van der Waals surface area contributed by atoms with E-state index in [0.29, 0.717) is 12.1 Å². The summed E-state index contributed by atoms with van der Waals surface area (Å²) in [6, 6.07) is 5.72. The minimum Gasteiger partial charge on any atom is -0.477 e. The second-order valence-electron chi connectivity index (χ2n) is 4.23. The van der Waals surface area contributed by atoms with Crippen molar-refractivity contribution in [1.82, 2.24) is 9.78 Å². The van der Waals surface area contributed by atoms with Gasteiger partial charge >= 0.3 is 5.97 Å². The third-order valence-electron chi connectivity index (χ3n) is 2.65. The van der Waals surface area contributed by atoms with Gasteiger partial charge in [-0.25, -0.2) is 9.48 Å². The molecule has 0 spiro atoms. The molecule has 1 aromatic carbocycles. The number of aryl methyl sites for hydroxylation is 2. The Bertz CT molecular complexity index is 626. The zero-order valence-electron chi connectivity index (χ0n) is 10.5. The van der Waals surface area contributed by atoms with E-state index in [1.165, 1.54) is 10.9 Å². The Morgan fingerprint density at radius 1 is 1.32 bits per heavy atom. The Balaban J connectivity index is 2.61. The van der Waals surface area contributed by atoms with Crippen LogP contribution in [0.4, 0.5) is 5.82 Å². The molecule has 1 heterocycles. The number of carbonyl (C=O) groups excluding carboxylic acids is 1. The second kappa shape index (κ2) is 4.93. The summed E-state index contributed by atoms with van der Waals surface area (Å²) in [5, 5.41) is 15.5. The number of carbonyl (C=O) groups is 2. The lowest BCUT2D eigenvalue weighted by atomic mass is 10.1. The summed E-state index contributed by atoms with van der Waals surface area (Å²) in [7, 11) is 0. The van der Waals surface area contributed by atoms with Gasteiger partial charge in [-0.3, -0.25) is 4.79 Å². The van der Waals surface area contributed by atoms with Crippen LogP contribution in [0, 0.1) is 13.8 Å². The zero-order valence-corrected chi connectivity index (χ0v) is 10.5. The first kappa shape index (κ1) is 12.8. The lowest BCUT2D eigenvalue weighted by Gasteiger charge is -2.09. The molecule has 0 saturated carbocycles. The Hall–Kier alpha value is -2.63. The second-order valence-corrected chi connectivity index (χ2v) is 4.23. The zero-order chi connectivity index (χ0) is 14.0. The third kappa shape index (κ3) is 2.47. The Morgan fingerprint density at radius 3 is 2.47 bits per heavy atom. The Labute approximate surface area is 109 Å². The SMILES string of the molecule is Cc1cc(C)cc(-n2ncc(C(=O)O)c2NC=O)c1. The van der Waals surface area contributed by atoms with Gasteiger partial charge < -0.3 is 10.4 Å². The fourth-order valence-electron chi connectivity index (χ4n) is 1.97. The Kier molecular flexibility index (Phi) is 3.33. The number of aromatic carboxylic acids is 1. The van der Waals surface area contributed by atoms with E-state index in [1.54, 1.807) is 0 Å². The van der Waals surface area contributed by atoms with Crippen molar-refractivity contribution in [2.24, 2.45) is 0 Å². The summed E-state index contributed by atoms with van der Waals surface area (Å²) < 4.78 is 1.40. The third-order valence-corrected chi connectivity index (χ3v) is 2.65. The van der Waals surface area contributed by atoms with Crippen molar-refractivity contribution in [3.8, 4) is 5.69 Å². The molecule has 6 heteroatoms. The molecular weight excluding hydrogens is 246 g/mol.